The number of rotatable bonds is 5. The Kier molecular flexibility index (Phi) is 5.77. The van der Waals surface area contributed by atoms with Gasteiger partial charge in [0.15, 0.2) is 0 Å². The predicted molar refractivity (Wildman–Crippen MR) is 103 cm³/mol. The van der Waals surface area contributed by atoms with Gasteiger partial charge in [-0.2, -0.15) is 0 Å². The summed E-state index contributed by atoms with van der Waals surface area (Å²) in [5, 5.41) is 0. The van der Waals surface area contributed by atoms with Crippen molar-refractivity contribution in [2.24, 2.45) is 5.92 Å². The highest BCUT2D eigenvalue weighted by molar-refractivity contribution is 9.10. The molecule has 2 aromatic carbocycles. The molecule has 0 bridgehead atoms. The van der Waals surface area contributed by atoms with Crippen LogP contribution in [0.4, 0.5) is 9.18 Å². The molecular weight excluding hydrogens is 397 g/mol. The molecule has 136 valence electrons. The van der Waals surface area contributed by atoms with Crippen molar-refractivity contribution in [2.45, 2.75) is 25.5 Å². The number of carbonyl (C=O) groups is 1. The number of allylic oxidation sites excluding steroid dienone is 1. The number of cyclic esters (lactones) is 1. The Morgan fingerprint density at radius 2 is 1.92 bits per heavy atom. The van der Waals surface area contributed by atoms with Gasteiger partial charge >= 0.3 is 6.09 Å². The highest BCUT2D eigenvalue weighted by Gasteiger charge is 2.38. The summed E-state index contributed by atoms with van der Waals surface area (Å²) in [6.45, 7) is 6.38. The van der Waals surface area contributed by atoms with Gasteiger partial charge in [-0.05, 0) is 48.7 Å². The lowest BCUT2D eigenvalue weighted by molar-refractivity contribution is -0.0235. The number of amides is 1. The first-order valence-corrected chi connectivity index (χ1v) is 9.38. The Labute approximate surface area is 161 Å². The molecule has 26 heavy (non-hydrogen) atoms. The van der Waals surface area contributed by atoms with Crippen LogP contribution in [-0.2, 0) is 4.74 Å². The first-order valence-electron chi connectivity index (χ1n) is 8.58. The zero-order chi connectivity index (χ0) is 18.7. The van der Waals surface area contributed by atoms with Crippen LogP contribution in [0.2, 0.25) is 0 Å². The molecule has 3 rings (SSSR count). The molecule has 2 unspecified atom stereocenters. The van der Waals surface area contributed by atoms with Crippen LogP contribution in [-0.4, -0.2) is 17.5 Å². The van der Waals surface area contributed by atoms with Gasteiger partial charge < -0.3 is 9.64 Å². The Balaban J connectivity index is 1.83. The van der Waals surface area contributed by atoms with Crippen molar-refractivity contribution in [1.29, 1.82) is 0 Å². The first-order chi connectivity index (χ1) is 12.5. The SMILES string of the molecule is C=CCC1CN([C@@H](C)c2ccc(Br)cc2)C(=O)OC1c1ccc(F)cc1. The fourth-order valence-electron chi connectivity index (χ4n) is 3.34. The van der Waals surface area contributed by atoms with Gasteiger partial charge in [-0.3, -0.25) is 0 Å². The number of carbonyl (C=O) groups excluding carboxylic acids is 1. The third-order valence-corrected chi connectivity index (χ3v) is 5.34. The van der Waals surface area contributed by atoms with Crippen LogP contribution < -0.4 is 0 Å². The van der Waals surface area contributed by atoms with E-state index in [0.717, 1.165) is 15.6 Å². The van der Waals surface area contributed by atoms with Crippen LogP contribution in [0.15, 0.2) is 65.7 Å². The minimum Gasteiger partial charge on any atom is -0.441 e. The molecule has 0 spiro atoms. The molecule has 5 heteroatoms. The number of ether oxygens (including phenoxy) is 1. The summed E-state index contributed by atoms with van der Waals surface area (Å²) in [4.78, 5) is 14.4. The molecule has 3 nitrogen and oxygen atoms in total. The monoisotopic (exact) mass is 417 g/mol. The largest absolute Gasteiger partial charge is 0.441 e. The van der Waals surface area contributed by atoms with Crippen molar-refractivity contribution in [2.75, 3.05) is 6.54 Å². The lowest BCUT2D eigenvalue weighted by Crippen LogP contribution is -2.45. The fraction of sp³-hybridized carbons (Fsp3) is 0.286. The zero-order valence-corrected chi connectivity index (χ0v) is 16.2. The third kappa shape index (κ3) is 3.98. The van der Waals surface area contributed by atoms with E-state index >= 15 is 0 Å². The number of halogens is 2. The molecule has 1 heterocycles. The second-order valence-electron chi connectivity index (χ2n) is 6.52. The van der Waals surface area contributed by atoms with Crippen LogP contribution in [0.25, 0.3) is 0 Å². The summed E-state index contributed by atoms with van der Waals surface area (Å²) in [7, 11) is 0. The third-order valence-electron chi connectivity index (χ3n) is 4.81. The van der Waals surface area contributed by atoms with E-state index in [4.69, 9.17) is 4.74 Å². The molecule has 1 saturated heterocycles. The smallest absolute Gasteiger partial charge is 0.410 e. The molecule has 1 aliphatic rings. The Hall–Kier alpha value is -2.14. The van der Waals surface area contributed by atoms with Crippen molar-refractivity contribution in [1.82, 2.24) is 4.90 Å². The maximum atomic E-state index is 13.2. The van der Waals surface area contributed by atoms with Gasteiger partial charge in [0.25, 0.3) is 0 Å². The number of nitrogens with zero attached hydrogens (tertiary/aromatic N) is 1. The maximum absolute atomic E-state index is 13.2. The highest BCUT2D eigenvalue weighted by Crippen LogP contribution is 2.37. The van der Waals surface area contributed by atoms with Crippen LogP contribution in [0.3, 0.4) is 0 Å². The second kappa shape index (κ2) is 8.04. The lowest BCUT2D eigenvalue weighted by Gasteiger charge is -2.40. The van der Waals surface area contributed by atoms with E-state index in [1.807, 2.05) is 37.3 Å². The van der Waals surface area contributed by atoms with E-state index in [9.17, 15) is 9.18 Å². The standard InChI is InChI=1S/C21H21BrFNO2/c1-3-4-17-13-24(14(2)15-5-9-18(22)10-6-15)21(25)26-20(17)16-7-11-19(23)12-8-16/h3,5-12,14,17,20H,1,4,13H2,2H3/t14-,17?,20?/m0/s1. The summed E-state index contributed by atoms with van der Waals surface area (Å²) < 4.78 is 20.0. The first kappa shape index (κ1) is 18.6. The van der Waals surface area contributed by atoms with Crippen molar-refractivity contribution in [3.8, 4) is 0 Å². The molecule has 1 amide bonds. The van der Waals surface area contributed by atoms with Gasteiger partial charge in [0.2, 0.25) is 0 Å². The average Bonchev–Trinajstić information content (AvgIpc) is 2.64. The van der Waals surface area contributed by atoms with Crippen LogP contribution in [0.1, 0.15) is 36.6 Å². The number of hydrogen-bond donors (Lipinski definition) is 0. The van der Waals surface area contributed by atoms with Crippen LogP contribution >= 0.6 is 15.9 Å². The quantitative estimate of drug-likeness (QED) is 0.555. The van der Waals surface area contributed by atoms with Gasteiger partial charge in [0.05, 0.1) is 6.04 Å². The van der Waals surface area contributed by atoms with Gasteiger partial charge in [-0.15, -0.1) is 6.58 Å². The Morgan fingerprint density at radius 3 is 2.54 bits per heavy atom. The van der Waals surface area contributed by atoms with Gasteiger partial charge in [-0.1, -0.05) is 46.3 Å². The molecule has 0 N–H and O–H groups in total. The molecule has 0 saturated carbocycles. The minimum atomic E-state index is -0.394. The van der Waals surface area contributed by atoms with E-state index in [2.05, 4.69) is 22.5 Å². The van der Waals surface area contributed by atoms with E-state index in [1.165, 1.54) is 12.1 Å². The Bertz CT molecular complexity index is 776. The predicted octanol–water partition coefficient (Wildman–Crippen LogP) is 6.04. The molecule has 3 atom stereocenters. The van der Waals surface area contributed by atoms with Crippen molar-refractivity contribution in [3.63, 3.8) is 0 Å². The number of hydrogen-bond acceptors (Lipinski definition) is 2. The second-order valence-corrected chi connectivity index (χ2v) is 7.44. The molecule has 2 aromatic rings. The minimum absolute atomic E-state index is 0.0635. The molecule has 1 aliphatic heterocycles. The number of benzene rings is 2. The molecule has 0 aromatic heterocycles. The molecular formula is C21H21BrFNO2. The summed E-state index contributed by atoms with van der Waals surface area (Å²) >= 11 is 3.43. The van der Waals surface area contributed by atoms with Crippen molar-refractivity contribution < 1.29 is 13.9 Å². The van der Waals surface area contributed by atoms with Gasteiger partial charge in [0, 0.05) is 16.9 Å². The van der Waals surface area contributed by atoms with E-state index < -0.39 is 6.10 Å². The lowest BCUT2D eigenvalue weighted by atomic mass is 9.90. The van der Waals surface area contributed by atoms with Crippen LogP contribution in [0.5, 0.6) is 0 Å². The molecule has 0 aliphatic carbocycles. The molecule has 1 fully saturated rings. The van der Waals surface area contributed by atoms with Crippen LogP contribution in [0, 0.1) is 11.7 Å². The van der Waals surface area contributed by atoms with E-state index in [1.54, 1.807) is 17.0 Å². The maximum Gasteiger partial charge on any atom is 0.410 e. The molecule has 0 radical (unpaired) electrons. The van der Waals surface area contributed by atoms with E-state index in [0.29, 0.717) is 13.0 Å². The van der Waals surface area contributed by atoms with Crippen molar-refractivity contribution >= 4 is 22.0 Å². The summed E-state index contributed by atoms with van der Waals surface area (Å²) in [6.07, 6.45) is 1.80. The fourth-order valence-corrected chi connectivity index (χ4v) is 3.60. The Morgan fingerprint density at radius 1 is 1.27 bits per heavy atom. The summed E-state index contributed by atoms with van der Waals surface area (Å²) in [5.41, 5.74) is 1.85. The average molecular weight is 418 g/mol. The van der Waals surface area contributed by atoms with Gasteiger partial charge in [-0.25, -0.2) is 9.18 Å². The summed E-state index contributed by atoms with van der Waals surface area (Å²) in [6, 6.07) is 14.0. The normalized spacial score (nSPS) is 21.2. The van der Waals surface area contributed by atoms with Crippen molar-refractivity contribution in [3.05, 3.63) is 82.6 Å². The highest BCUT2D eigenvalue weighted by atomic mass is 79.9. The van der Waals surface area contributed by atoms with Gasteiger partial charge in [0.1, 0.15) is 11.9 Å². The topological polar surface area (TPSA) is 29.5 Å². The van der Waals surface area contributed by atoms with E-state index in [-0.39, 0.29) is 23.9 Å². The zero-order valence-electron chi connectivity index (χ0n) is 14.6. The summed E-state index contributed by atoms with van der Waals surface area (Å²) in [5.74, 6) is -0.241.